The van der Waals surface area contributed by atoms with Gasteiger partial charge in [0, 0.05) is 57.4 Å². The van der Waals surface area contributed by atoms with Crippen LogP contribution in [0.3, 0.4) is 0 Å². The maximum atomic E-state index is 14.0. The zero-order valence-electron chi connectivity index (χ0n) is 20.1. The average Bonchev–Trinajstić information content (AvgIpc) is 2.86. The average molecular weight is 507 g/mol. The Morgan fingerprint density at radius 2 is 1.97 bits per heavy atom. The number of carbonyl (C=O) groups excluding carboxylic acids is 2. The highest BCUT2D eigenvalue weighted by Crippen LogP contribution is 2.36. The topological polar surface area (TPSA) is 113 Å². The number of hydrogen-bond acceptors (Lipinski definition) is 7. The van der Waals surface area contributed by atoms with Gasteiger partial charge in [-0.05, 0) is 13.0 Å². The van der Waals surface area contributed by atoms with Crippen LogP contribution in [0.4, 0.5) is 8.78 Å². The van der Waals surface area contributed by atoms with Gasteiger partial charge in [-0.2, -0.15) is 0 Å². The Labute approximate surface area is 206 Å². The first-order chi connectivity index (χ1) is 17.2. The highest BCUT2D eigenvalue weighted by molar-refractivity contribution is 5.99. The molecule has 194 valence electrons. The zero-order chi connectivity index (χ0) is 26.0. The number of aromatic nitrogens is 1. The molecular formula is C24H28F2N4O6. The van der Waals surface area contributed by atoms with Crippen molar-refractivity contribution < 1.29 is 33.0 Å². The molecule has 10 nitrogen and oxygen atoms in total. The molecule has 2 aliphatic rings. The van der Waals surface area contributed by atoms with Crippen molar-refractivity contribution in [2.24, 2.45) is 0 Å². The van der Waals surface area contributed by atoms with Gasteiger partial charge >= 0.3 is 0 Å². The number of halogens is 2. The van der Waals surface area contributed by atoms with E-state index in [4.69, 9.17) is 9.47 Å². The molecule has 0 saturated carbocycles. The maximum Gasteiger partial charge on any atom is 0.278 e. The van der Waals surface area contributed by atoms with Crippen molar-refractivity contribution in [1.82, 2.24) is 14.9 Å². The highest BCUT2D eigenvalue weighted by atomic mass is 19.1. The van der Waals surface area contributed by atoms with Gasteiger partial charge in [0.1, 0.15) is 22.9 Å². The third-order valence-electron chi connectivity index (χ3n) is 6.70. The molecule has 0 unspecified atom stereocenters. The van der Waals surface area contributed by atoms with Gasteiger partial charge in [0.15, 0.2) is 11.4 Å². The molecule has 0 atom stereocenters. The zero-order valence-corrected chi connectivity index (χ0v) is 20.1. The van der Waals surface area contributed by atoms with Crippen molar-refractivity contribution >= 4 is 11.8 Å². The van der Waals surface area contributed by atoms with Crippen LogP contribution in [-0.4, -0.2) is 72.2 Å². The number of hydrogen-bond donors (Lipinski definition) is 2. The smallest absolute Gasteiger partial charge is 0.278 e. The van der Waals surface area contributed by atoms with Crippen LogP contribution < -0.4 is 15.8 Å². The Kier molecular flexibility index (Phi) is 7.27. The van der Waals surface area contributed by atoms with E-state index in [1.807, 2.05) is 6.92 Å². The van der Waals surface area contributed by atoms with E-state index in [0.717, 1.165) is 6.07 Å². The molecule has 1 aromatic heterocycles. The van der Waals surface area contributed by atoms with E-state index in [9.17, 15) is 28.3 Å². The number of benzene rings is 1. The molecule has 4 rings (SSSR count). The monoisotopic (exact) mass is 506 g/mol. The summed E-state index contributed by atoms with van der Waals surface area (Å²) in [5.74, 6) is -3.92. The lowest BCUT2D eigenvalue weighted by Crippen LogP contribution is -2.71. The molecule has 12 heteroatoms. The predicted octanol–water partition coefficient (Wildman–Crippen LogP) is 1.33. The van der Waals surface area contributed by atoms with Crippen molar-refractivity contribution in [2.75, 3.05) is 45.0 Å². The molecule has 1 fully saturated rings. The number of fused-ring (bicyclic) bond motifs is 1. The second kappa shape index (κ2) is 10.2. The Bertz CT molecular complexity index is 1230. The SMILES string of the molecule is CCOCCN1C(=O)c2c(O)c(=O)c(C(=O)NCc3ccc(F)cc3F)cn2N(C)C12CCOCC2. The standard InChI is InChI=1S/C24H28F2N4O6/c1-3-35-11-8-29-23(34)19-21(32)20(31)17(14-30(19)28(2)24(29)6-9-36-10-7-24)22(33)27-13-15-4-5-16(25)12-18(15)26/h4-5,12,14,32H,3,6-11,13H2,1-2H3,(H,27,33). The molecule has 0 bridgehead atoms. The third kappa shape index (κ3) is 4.42. The summed E-state index contributed by atoms with van der Waals surface area (Å²) >= 11 is 0. The number of nitrogens with zero attached hydrogens (tertiary/aromatic N) is 3. The van der Waals surface area contributed by atoms with Crippen molar-refractivity contribution in [1.29, 1.82) is 0 Å². The second-order valence-corrected chi connectivity index (χ2v) is 8.60. The van der Waals surface area contributed by atoms with Crippen LogP contribution in [0.2, 0.25) is 0 Å². The Morgan fingerprint density at radius 3 is 2.64 bits per heavy atom. The van der Waals surface area contributed by atoms with Gasteiger partial charge in [0.2, 0.25) is 5.43 Å². The van der Waals surface area contributed by atoms with Crippen LogP contribution in [0.25, 0.3) is 0 Å². The van der Waals surface area contributed by atoms with Crippen LogP contribution >= 0.6 is 0 Å². The van der Waals surface area contributed by atoms with Gasteiger partial charge < -0.3 is 24.8 Å². The Morgan fingerprint density at radius 1 is 1.25 bits per heavy atom. The molecule has 1 spiro atoms. The van der Waals surface area contributed by atoms with Gasteiger partial charge in [0.05, 0.1) is 19.8 Å². The molecule has 0 aliphatic carbocycles. The minimum Gasteiger partial charge on any atom is -0.502 e. The fourth-order valence-electron chi connectivity index (χ4n) is 4.72. The first-order valence-corrected chi connectivity index (χ1v) is 11.6. The van der Waals surface area contributed by atoms with Gasteiger partial charge in [-0.1, -0.05) is 6.07 Å². The van der Waals surface area contributed by atoms with E-state index in [0.29, 0.717) is 38.7 Å². The van der Waals surface area contributed by atoms with Gasteiger partial charge in [-0.25, -0.2) is 8.78 Å². The van der Waals surface area contributed by atoms with E-state index in [-0.39, 0.29) is 31.0 Å². The van der Waals surface area contributed by atoms with Crippen molar-refractivity contribution in [3.05, 3.63) is 63.1 Å². The minimum absolute atomic E-state index is 0.0189. The third-order valence-corrected chi connectivity index (χ3v) is 6.70. The molecule has 1 aromatic carbocycles. The first kappa shape index (κ1) is 25.6. The first-order valence-electron chi connectivity index (χ1n) is 11.6. The molecule has 36 heavy (non-hydrogen) atoms. The quantitative estimate of drug-likeness (QED) is 0.545. The number of amides is 2. The van der Waals surface area contributed by atoms with Crippen molar-refractivity contribution in [2.45, 2.75) is 32.0 Å². The number of aromatic hydroxyl groups is 1. The Hall–Kier alpha value is -3.51. The molecule has 0 radical (unpaired) electrons. The summed E-state index contributed by atoms with van der Waals surface area (Å²) in [6.07, 6.45) is 2.11. The lowest BCUT2D eigenvalue weighted by Gasteiger charge is -2.55. The van der Waals surface area contributed by atoms with Crippen LogP contribution in [0.15, 0.2) is 29.2 Å². The minimum atomic E-state index is -1.03. The summed E-state index contributed by atoms with van der Waals surface area (Å²) in [4.78, 5) is 40.9. The van der Waals surface area contributed by atoms with Crippen LogP contribution in [0, 0.1) is 11.6 Å². The van der Waals surface area contributed by atoms with Gasteiger partial charge in [0.25, 0.3) is 11.8 Å². The number of ether oxygens (including phenoxy) is 2. The summed E-state index contributed by atoms with van der Waals surface area (Å²) in [5, 5.41) is 14.9. The second-order valence-electron chi connectivity index (χ2n) is 8.60. The predicted molar refractivity (Wildman–Crippen MR) is 124 cm³/mol. The van der Waals surface area contributed by atoms with Crippen LogP contribution in [-0.2, 0) is 16.0 Å². The highest BCUT2D eigenvalue weighted by Gasteiger charge is 2.50. The summed E-state index contributed by atoms with van der Waals surface area (Å²) < 4.78 is 39.4. The summed E-state index contributed by atoms with van der Waals surface area (Å²) in [6, 6.07) is 2.92. The van der Waals surface area contributed by atoms with Gasteiger partial charge in [-0.15, -0.1) is 0 Å². The lowest BCUT2D eigenvalue weighted by molar-refractivity contribution is -0.0444. The fourth-order valence-corrected chi connectivity index (χ4v) is 4.72. The van der Waals surface area contributed by atoms with E-state index < -0.39 is 45.9 Å². The summed E-state index contributed by atoms with van der Waals surface area (Å²) in [6.45, 7) is 3.28. The number of nitrogens with one attached hydrogen (secondary N) is 1. The molecule has 2 aromatic rings. The van der Waals surface area contributed by atoms with Crippen molar-refractivity contribution in [3.63, 3.8) is 0 Å². The van der Waals surface area contributed by atoms with Crippen molar-refractivity contribution in [3.8, 4) is 5.75 Å². The lowest BCUT2D eigenvalue weighted by atomic mass is 9.94. The number of carbonyl (C=O) groups is 2. The number of pyridine rings is 1. The number of rotatable bonds is 7. The fraction of sp³-hybridized carbons (Fsp3) is 0.458. The van der Waals surface area contributed by atoms with Crippen LogP contribution in [0.1, 0.15) is 46.2 Å². The van der Waals surface area contributed by atoms with E-state index in [1.54, 1.807) is 17.0 Å². The van der Waals surface area contributed by atoms with Gasteiger partial charge in [-0.3, -0.25) is 24.1 Å². The largest absolute Gasteiger partial charge is 0.502 e. The molecule has 2 N–H and O–H groups in total. The van der Waals surface area contributed by atoms with E-state index in [1.165, 1.54) is 16.9 Å². The van der Waals surface area contributed by atoms with Crippen LogP contribution in [0.5, 0.6) is 5.75 Å². The molecule has 2 amide bonds. The van der Waals surface area contributed by atoms with E-state index >= 15 is 0 Å². The normalized spacial score (nSPS) is 16.8. The van der Waals surface area contributed by atoms with E-state index in [2.05, 4.69) is 5.32 Å². The summed E-state index contributed by atoms with van der Waals surface area (Å²) in [5.41, 5.74) is -2.54. The Balaban J connectivity index is 1.70. The molecule has 1 saturated heterocycles. The summed E-state index contributed by atoms with van der Waals surface area (Å²) in [7, 11) is 1.70. The molecular weight excluding hydrogens is 478 g/mol. The maximum absolute atomic E-state index is 14.0. The molecule has 2 aliphatic heterocycles. The molecule has 3 heterocycles.